The molecule has 22 heteroatoms. The monoisotopic (exact) mass is 852 g/mol. The Hall–Kier alpha value is -5.55. The zero-order valence-corrected chi connectivity index (χ0v) is 33.6. The van der Waals surface area contributed by atoms with Gasteiger partial charge < -0.3 is 52.1 Å². The van der Waals surface area contributed by atoms with E-state index in [4.69, 9.17) is 52.1 Å². The first kappa shape index (κ1) is 45.5. The van der Waals surface area contributed by atoms with E-state index >= 15 is 0 Å². The van der Waals surface area contributed by atoms with Crippen molar-refractivity contribution in [2.75, 3.05) is 13.2 Å². The van der Waals surface area contributed by atoms with Crippen molar-refractivity contribution in [3.8, 4) is 0 Å². The van der Waals surface area contributed by atoms with Gasteiger partial charge in [-0.15, -0.1) is 0 Å². The third-order valence-corrected chi connectivity index (χ3v) is 9.19. The normalized spacial score (nSPS) is 27.7. The molecule has 1 aromatic carbocycles. The average molecular weight is 853 g/mol. The molecule has 0 amide bonds. The van der Waals surface area contributed by atoms with Crippen molar-refractivity contribution in [3.05, 3.63) is 68.7 Å². The maximum atomic E-state index is 14.5. The first-order valence-corrected chi connectivity index (χ1v) is 18.6. The molecule has 328 valence electrons. The Morgan fingerprint density at radius 1 is 0.850 bits per heavy atom. The summed E-state index contributed by atoms with van der Waals surface area (Å²) in [6, 6.07) is 8.38. The van der Waals surface area contributed by atoms with E-state index in [1.54, 1.807) is 44.2 Å². The summed E-state index contributed by atoms with van der Waals surface area (Å²) in [5.74, 6) is -11.3. The summed E-state index contributed by atoms with van der Waals surface area (Å²) >= 11 is 0. The smallest absolute Gasteiger partial charge is 0.367 e. The number of hydrogen-bond acceptors (Lipinski definition) is 19. The van der Waals surface area contributed by atoms with Crippen LogP contribution in [0.3, 0.4) is 0 Å². The summed E-state index contributed by atoms with van der Waals surface area (Å²) in [6.07, 6.45) is -13.9. The predicted octanol–water partition coefficient (Wildman–Crippen LogP) is 0.628. The molecule has 1 aromatic heterocycles. The lowest BCUT2D eigenvalue weighted by Crippen LogP contribution is -2.66. The van der Waals surface area contributed by atoms with Crippen molar-refractivity contribution in [3.63, 3.8) is 0 Å². The number of nitrogens with zero attached hydrogens (tertiary/aromatic N) is 1. The molecule has 3 saturated heterocycles. The van der Waals surface area contributed by atoms with Crippen LogP contribution >= 0.6 is 0 Å². The second-order valence-electron chi connectivity index (χ2n) is 14.4. The van der Waals surface area contributed by atoms with Crippen molar-refractivity contribution >= 4 is 35.8 Å². The number of benzene rings is 1. The standard InChI is InChI=1S/C38H45FN2O19/c1-18(42)50-16-26(54-20(3)44)29(56-22(5)46)31-28(55-21(4)45)25(53-19(2)43)13-38(60-31,35(48)51-15-23-11-9-8-10-12-23)52-17-27-30-32(59-37(6,7)58-30)34(57-27)41-14-24(39)33(47)40-36(41)49/h8-12,14,25-32,34H,13,15-17H2,1-7H3,(H,40,47,49)/t25-,26+,27+,28+,29-,30+,31+,32+,34+,38+/m0/s1. The van der Waals surface area contributed by atoms with E-state index < -0.39 is 139 Å². The van der Waals surface area contributed by atoms with Gasteiger partial charge in [0.1, 0.15) is 43.7 Å². The van der Waals surface area contributed by atoms with Crippen molar-refractivity contribution in [1.29, 1.82) is 0 Å². The summed E-state index contributed by atoms with van der Waals surface area (Å²) in [5.41, 5.74) is -1.81. The van der Waals surface area contributed by atoms with Gasteiger partial charge in [-0.3, -0.25) is 38.3 Å². The van der Waals surface area contributed by atoms with Crippen LogP contribution in [0.2, 0.25) is 0 Å². The second kappa shape index (κ2) is 18.8. The summed E-state index contributed by atoms with van der Waals surface area (Å²) in [4.78, 5) is 103. The summed E-state index contributed by atoms with van der Waals surface area (Å²) < 4.78 is 79.1. The van der Waals surface area contributed by atoms with Crippen molar-refractivity contribution in [2.45, 2.75) is 128 Å². The molecule has 0 bridgehead atoms. The van der Waals surface area contributed by atoms with Crippen molar-refractivity contribution in [2.24, 2.45) is 0 Å². The molecule has 3 aliphatic heterocycles. The Balaban J connectivity index is 1.62. The molecule has 0 unspecified atom stereocenters. The highest BCUT2D eigenvalue weighted by molar-refractivity contribution is 5.78. The lowest BCUT2D eigenvalue weighted by molar-refractivity contribution is -0.336. The van der Waals surface area contributed by atoms with Crippen molar-refractivity contribution in [1.82, 2.24) is 9.55 Å². The van der Waals surface area contributed by atoms with Gasteiger partial charge in [0.05, 0.1) is 19.2 Å². The van der Waals surface area contributed by atoms with Crippen LogP contribution in [0.1, 0.15) is 66.7 Å². The van der Waals surface area contributed by atoms with E-state index in [-0.39, 0.29) is 6.61 Å². The van der Waals surface area contributed by atoms with Crippen LogP contribution in [0, 0.1) is 5.82 Å². The number of carbonyl (C=O) groups excluding carboxylic acids is 6. The number of hydrogen-bond donors (Lipinski definition) is 1. The van der Waals surface area contributed by atoms with Crippen LogP contribution < -0.4 is 11.2 Å². The quantitative estimate of drug-likeness (QED) is 0.190. The van der Waals surface area contributed by atoms with Crippen LogP contribution in [-0.2, 0) is 87.5 Å². The topological polar surface area (TPSA) is 259 Å². The Labute approximate surface area is 340 Å². The zero-order chi connectivity index (χ0) is 44.1. The lowest BCUT2D eigenvalue weighted by Gasteiger charge is -2.48. The number of aromatic amines is 1. The molecule has 0 spiro atoms. The van der Waals surface area contributed by atoms with Gasteiger partial charge in [-0.2, -0.15) is 4.39 Å². The Morgan fingerprint density at radius 2 is 1.50 bits per heavy atom. The second-order valence-corrected chi connectivity index (χ2v) is 14.4. The van der Waals surface area contributed by atoms with Crippen LogP contribution in [0.15, 0.2) is 46.1 Å². The molecule has 21 nitrogen and oxygen atoms in total. The van der Waals surface area contributed by atoms with Gasteiger partial charge in [-0.25, -0.2) is 9.59 Å². The van der Waals surface area contributed by atoms with E-state index in [1.165, 1.54) is 0 Å². The Morgan fingerprint density at radius 3 is 2.12 bits per heavy atom. The van der Waals surface area contributed by atoms with Crippen LogP contribution in [0.25, 0.3) is 0 Å². The average Bonchev–Trinajstić information content (AvgIpc) is 3.65. The number of carbonyl (C=O) groups is 6. The van der Waals surface area contributed by atoms with Gasteiger partial charge >= 0.3 is 41.5 Å². The van der Waals surface area contributed by atoms with E-state index in [2.05, 4.69) is 0 Å². The van der Waals surface area contributed by atoms with Gasteiger partial charge in [-0.05, 0) is 19.4 Å². The molecule has 60 heavy (non-hydrogen) atoms. The number of H-pyrrole nitrogens is 1. The predicted molar refractivity (Wildman–Crippen MR) is 192 cm³/mol. The molecular weight excluding hydrogens is 807 g/mol. The molecule has 4 heterocycles. The van der Waals surface area contributed by atoms with Gasteiger partial charge in [0, 0.05) is 34.6 Å². The fourth-order valence-corrected chi connectivity index (χ4v) is 6.99. The first-order chi connectivity index (χ1) is 28.2. The molecule has 5 rings (SSSR count). The maximum Gasteiger partial charge on any atom is 0.367 e. The molecule has 2 aromatic rings. The highest BCUT2D eigenvalue weighted by atomic mass is 19.1. The highest BCUT2D eigenvalue weighted by Crippen LogP contribution is 2.44. The zero-order valence-electron chi connectivity index (χ0n) is 33.6. The number of aromatic nitrogens is 2. The van der Waals surface area contributed by atoms with E-state index in [9.17, 15) is 42.7 Å². The molecule has 3 fully saturated rings. The number of fused-ring (bicyclic) bond motifs is 1. The minimum Gasteiger partial charge on any atom is -0.462 e. The third kappa shape index (κ3) is 11.0. The molecule has 0 radical (unpaired) electrons. The number of ether oxygens (including phenoxy) is 11. The van der Waals surface area contributed by atoms with E-state index in [0.717, 1.165) is 39.2 Å². The Kier molecular flexibility index (Phi) is 14.3. The minimum atomic E-state index is -2.70. The molecule has 10 atom stereocenters. The van der Waals surface area contributed by atoms with Crippen LogP contribution in [-0.4, -0.2) is 119 Å². The van der Waals surface area contributed by atoms with Gasteiger partial charge in [-0.1, -0.05) is 30.3 Å². The van der Waals surface area contributed by atoms with Crippen LogP contribution in [0.5, 0.6) is 0 Å². The number of halogens is 1. The molecular formula is C38H45FN2O19. The van der Waals surface area contributed by atoms with Gasteiger partial charge in [0.25, 0.3) is 11.3 Å². The SMILES string of the molecule is CC(=O)OC[C@@H](OC(C)=O)[C@H](OC(C)=O)[C@@H]1O[C@@](OC[C@H]2O[C@@H](n3cc(F)c(=O)[nH]c3=O)[C@@H]3OC(C)(C)O[C@@H]32)(C(=O)OCc2ccccc2)C[C@H](OC(C)=O)[C@H]1OC(C)=O. The summed E-state index contributed by atoms with van der Waals surface area (Å²) in [7, 11) is 0. The summed E-state index contributed by atoms with van der Waals surface area (Å²) in [6.45, 7) is 6.36. The number of nitrogens with one attached hydrogen (secondary N) is 1. The van der Waals surface area contributed by atoms with Gasteiger partial charge in [0.2, 0.25) is 5.82 Å². The van der Waals surface area contributed by atoms with Gasteiger partial charge in [0.15, 0.2) is 30.3 Å². The number of esters is 6. The maximum absolute atomic E-state index is 14.5. The molecule has 1 N–H and O–H groups in total. The fraction of sp³-hybridized carbons (Fsp3) is 0.579. The fourth-order valence-electron chi connectivity index (χ4n) is 6.99. The lowest BCUT2D eigenvalue weighted by atomic mass is 9.89. The molecule has 3 aliphatic rings. The minimum absolute atomic E-state index is 0.362. The Bertz CT molecular complexity index is 2050. The third-order valence-electron chi connectivity index (χ3n) is 9.19. The van der Waals surface area contributed by atoms with Crippen molar-refractivity contribution < 1.29 is 85.3 Å². The largest absolute Gasteiger partial charge is 0.462 e. The summed E-state index contributed by atoms with van der Waals surface area (Å²) in [5, 5.41) is 0. The number of rotatable bonds is 15. The molecule has 0 saturated carbocycles. The first-order valence-electron chi connectivity index (χ1n) is 18.6. The van der Waals surface area contributed by atoms with E-state index in [0.29, 0.717) is 11.8 Å². The van der Waals surface area contributed by atoms with E-state index in [1.807, 2.05) is 4.98 Å². The highest BCUT2D eigenvalue weighted by Gasteiger charge is 2.62. The van der Waals surface area contributed by atoms with Crippen LogP contribution in [0.4, 0.5) is 4.39 Å². The molecule has 0 aliphatic carbocycles.